The van der Waals surface area contributed by atoms with Gasteiger partial charge in [-0.1, -0.05) is 18.2 Å². The lowest BCUT2D eigenvalue weighted by Gasteiger charge is -2.24. The Bertz CT molecular complexity index is 741. The van der Waals surface area contributed by atoms with Crippen molar-refractivity contribution in [1.82, 2.24) is 0 Å². The summed E-state index contributed by atoms with van der Waals surface area (Å²) in [5.41, 5.74) is 0.151. The van der Waals surface area contributed by atoms with Crippen LogP contribution >= 0.6 is 0 Å². The third kappa shape index (κ3) is 7.84. The molecule has 1 N–H and O–H groups in total. The van der Waals surface area contributed by atoms with Crippen molar-refractivity contribution in [3.63, 3.8) is 0 Å². The highest BCUT2D eigenvalue weighted by Crippen LogP contribution is 2.12. The van der Waals surface area contributed by atoms with Crippen molar-refractivity contribution < 1.29 is 39.8 Å². The van der Waals surface area contributed by atoms with Gasteiger partial charge in [0.25, 0.3) is 20.2 Å². The first-order chi connectivity index (χ1) is 11.0. The summed E-state index contributed by atoms with van der Waals surface area (Å²) in [5, 5.41) is 9.29. The minimum absolute atomic E-state index is 0.151. The van der Waals surface area contributed by atoms with Crippen LogP contribution in [0, 0.1) is 0 Å². The van der Waals surface area contributed by atoms with Gasteiger partial charge in [-0.15, -0.1) is 0 Å². The van der Waals surface area contributed by atoms with Crippen LogP contribution in [0.4, 0.5) is 0 Å². The molecule has 24 heavy (non-hydrogen) atoms. The molecule has 1 rings (SSSR count). The maximum absolute atomic E-state index is 12.1. The molecule has 1 aromatic rings. The van der Waals surface area contributed by atoms with E-state index >= 15 is 0 Å². The Morgan fingerprint density at radius 3 is 2.08 bits per heavy atom. The highest BCUT2D eigenvalue weighted by molar-refractivity contribution is 7.86. The van der Waals surface area contributed by atoms with Gasteiger partial charge in [-0.2, -0.15) is 16.8 Å². The van der Waals surface area contributed by atoms with Crippen LogP contribution in [-0.2, 0) is 33.3 Å². The van der Waals surface area contributed by atoms with E-state index in [1.807, 2.05) is 0 Å². The summed E-state index contributed by atoms with van der Waals surface area (Å²) in [6.07, 6.45) is -1.47. The van der Waals surface area contributed by atoms with Gasteiger partial charge in [0.05, 0.1) is 24.7 Å². The molecule has 136 valence electrons. The minimum atomic E-state index is -3.99. The van der Waals surface area contributed by atoms with Gasteiger partial charge >= 0.3 is 5.97 Å². The van der Waals surface area contributed by atoms with Gasteiger partial charge in [0.1, 0.15) is 12.7 Å². The third-order valence-electron chi connectivity index (χ3n) is 2.61. The molecule has 0 bridgehead atoms. The number of rotatable bonds is 9. The Morgan fingerprint density at radius 2 is 1.62 bits per heavy atom. The molecule has 0 aliphatic heterocycles. The Morgan fingerprint density at radius 1 is 1.04 bits per heavy atom. The maximum Gasteiger partial charge on any atom is 0.338 e. The van der Waals surface area contributed by atoms with E-state index in [2.05, 4.69) is 8.37 Å². The second-order valence-electron chi connectivity index (χ2n) is 4.82. The summed E-state index contributed by atoms with van der Waals surface area (Å²) in [6.45, 7) is -1.55. The molecule has 0 heterocycles. The van der Waals surface area contributed by atoms with Crippen LogP contribution in [0.1, 0.15) is 10.4 Å². The highest BCUT2D eigenvalue weighted by Gasteiger charge is 2.30. The fourth-order valence-corrected chi connectivity index (χ4v) is 2.64. The first-order valence-corrected chi connectivity index (χ1v) is 10.2. The van der Waals surface area contributed by atoms with Gasteiger partial charge in [-0.05, 0) is 12.1 Å². The lowest BCUT2D eigenvalue weighted by molar-refractivity contribution is -0.0395. The molecular formula is C13H18O9S2. The zero-order chi connectivity index (χ0) is 18.4. The lowest BCUT2D eigenvalue weighted by atomic mass is 10.2. The van der Waals surface area contributed by atoms with Crippen LogP contribution in [0.15, 0.2) is 30.3 Å². The van der Waals surface area contributed by atoms with Gasteiger partial charge in [-0.25, -0.2) is 4.79 Å². The number of aliphatic hydroxyl groups excluding tert-OH is 1. The number of benzene rings is 1. The van der Waals surface area contributed by atoms with Crippen molar-refractivity contribution in [2.45, 2.75) is 12.2 Å². The normalized spacial score (nSPS) is 14.8. The van der Waals surface area contributed by atoms with Crippen LogP contribution in [-0.4, -0.2) is 65.8 Å². The van der Waals surface area contributed by atoms with E-state index in [0.29, 0.717) is 0 Å². The van der Waals surface area contributed by atoms with Crippen LogP contribution < -0.4 is 0 Å². The summed E-state index contributed by atoms with van der Waals surface area (Å²) in [6, 6.07) is 7.72. The summed E-state index contributed by atoms with van der Waals surface area (Å²) < 4.78 is 58.9. The van der Waals surface area contributed by atoms with Crippen molar-refractivity contribution in [2.24, 2.45) is 0 Å². The van der Waals surface area contributed by atoms with Gasteiger partial charge in [0, 0.05) is 0 Å². The monoisotopic (exact) mass is 382 g/mol. The Kier molecular flexibility index (Phi) is 7.29. The SMILES string of the molecule is CS(=O)(=O)OC[C@H](OC(=O)c1ccccc1)[C@@H](CO)OS(C)(=O)=O. The molecule has 1 aromatic carbocycles. The average molecular weight is 382 g/mol. The number of aliphatic hydroxyl groups is 1. The molecular weight excluding hydrogens is 364 g/mol. The number of carbonyl (C=O) groups excluding carboxylic acids is 1. The third-order valence-corrected chi connectivity index (χ3v) is 3.77. The van der Waals surface area contributed by atoms with Gasteiger partial charge in [0.2, 0.25) is 0 Å². The number of hydrogen-bond donors (Lipinski definition) is 1. The van der Waals surface area contributed by atoms with E-state index in [0.717, 1.165) is 12.5 Å². The Hall–Kier alpha value is -1.53. The quantitative estimate of drug-likeness (QED) is 0.444. The van der Waals surface area contributed by atoms with E-state index in [1.54, 1.807) is 18.2 Å². The van der Waals surface area contributed by atoms with Crippen LogP contribution in [0.3, 0.4) is 0 Å². The summed E-state index contributed by atoms with van der Waals surface area (Å²) in [7, 11) is -7.87. The van der Waals surface area contributed by atoms with E-state index in [-0.39, 0.29) is 5.56 Å². The van der Waals surface area contributed by atoms with Crippen molar-refractivity contribution in [2.75, 3.05) is 25.7 Å². The number of carbonyl (C=O) groups is 1. The summed E-state index contributed by atoms with van der Waals surface area (Å²) >= 11 is 0. The smallest absolute Gasteiger partial charge is 0.338 e. The molecule has 0 fully saturated rings. The molecule has 0 amide bonds. The molecule has 0 radical (unpaired) electrons. The molecule has 0 aliphatic carbocycles. The fourth-order valence-electron chi connectivity index (χ4n) is 1.62. The predicted octanol–water partition coefficient (Wildman–Crippen LogP) is -0.475. The van der Waals surface area contributed by atoms with Gasteiger partial charge in [-0.3, -0.25) is 8.37 Å². The fraction of sp³-hybridized carbons (Fsp3) is 0.462. The molecule has 0 spiro atoms. The van der Waals surface area contributed by atoms with E-state index in [1.165, 1.54) is 12.1 Å². The lowest BCUT2D eigenvalue weighted by Crippen LogP contribution is -2.41. The van der Waals surface area contributed by atoms with E-state index < -0.39 is 51.6 Å². The average Bonchev–Trinajstić information content (AvgIpc) is 2.48. The van der Waals surface area contributed by atoms with E-state index in [4.69, 9.17) is 4.74 Å². The minimum Gasteiger partial charge on any atom is -0.453 e. The number of ether oxygens (including phenoxy) is 1. The second-order valence-corrected chi connectivity index (χ2v) is 8.06. The molecule has 11 heteroatoms. The molecule has 0 aliphatic rings. The van der Waals surface area contributed by atoms with Crippen LogP contribution in [0.2, 0.25) is 0 Å². The molecule has 9 nitrogen and oxygen atoms in total. The largest absolute Gasteiger partial charge is 0.453 e. The Balaban J connectivity index is 2.96. The van der Waals surface area contributed by atoms with E-state index in [9.17, 15) is 26.7 Å². The second kappa shape index (κ2) is 8.53. The van der Waals surface area contributed by atoms with Gasteiger partial charge in [0.15, 0.2) is 6.10 Å². The zero-order valence-electron chi connectivity index (χ0n) is 13.0. The van der Waals surface area contributed by atoms with Crippen molar-refractivity contribution in [3.05, 3.63) is 35.9 Å². The van der Waals surface area contributed by atoms with Crippen LogP contribution in [0.25, 0.3) is 0 Å². The molecule has 0 saturated heterocycles. The Labute approximate surface area is 140 Å². The molecule has 0 unspecified atom stereocenters. The van der Waals surface area contributed by atoms with Crippen molar-refractivity contribution in [3.8, 4) is 0 Å². The standard InChI is InChI=1S/C13H18O9S2/c1-23(16,17)20-9-12(11(8-14)22-24(2,18)19)21-13(15)10-6-4-3-5-7-10/h3-7,11-12,14H,8-9H2,1-2H3/t11-,12+/m1/s1. The first-order valence-electron chi connectivity index (χ1n) is 6.61. The molecule has 0 aromatic heterocycles. The van der Waals surface area contributed by atoms with Crippen LogP contribution in [0.5, 0.6) is 0 Å². The van der Waals surface area contributed by atoms with Crippen molar-refractivity contribution in [1.29, 1.82) is 0 Å². The van der Waals surface area contributed by atoms with Gasteiger partial charge < -0.3 is 9.84 Å². The maximum atomic E-state index is 12.1. The predicted molar refractivity (Wildman–Crippen MR) is 83.2 cm³/mol. The summed E-state index contributed by atoms with van der Waals surface area (Å²) in [4.78, 5) is 12.1. The molecule has 0 saturated carbocycles. The van der Waals surface area contributed by atoms with Crippen molar-refractivity contribution >= 4 is 26.2 Å². The number of esters is 1. The topological polar surface area (TPSA) is 133 Å². The zero-order valence-corrected chi connectivity index (χ0v) is 14.6. The number of hydrogen-bond acceptors (Lipinski definition) is 9. The summed E-state index contributed by atoms with van der Waals surface area (Å²) in [5.74, 6) is -0.853. The first kappa shape index (κ1) is 20.5. The molecule has 2 atom stereocenters. The highest BCUT2D eigenvalue weighted by atomic mass is 32.2.